The minimum Gasteiger partial charge on any atom is -0.312 e. The summed E-state index contributed by atoms with van der Waals surface area (Å²) in [7, 11) is -2.39. The molecule has 0 spiro atoms. The zero-order chi connectivity index (χ0) is 15.6. The highest BCUT2D eigenvalue weighted by atomic mass is 32.2. The Labute approximate surface area is 125 Å². The van der Waals surface area contributed by atoms with Crippen molar-refractivity contribution in [1.82, 2.24) is 10.3 Å². The number of nitrogens with one attached hydrogen (secondary N) is 2. The zero-order valence-electron chi connectivity index (χ0n) is 11.2. The maximum Gasteiger partial charge on any atom is 0.266 e. The highest BCUT2D eigenvalue weighted by Crippen LogP contribution is 2.24. The molecule has 0 amide bonds. The maximum atomic E-state index is 13.6. The van der Waals surface area contributed by atoms with Gasteiger partial charge in [0.2, 0.25) is 0 Å². The fourth-order valence-electron chi connectivity index (χ4n) is 1.54. The Morgan fingerprint density at radius 3 is 2.67 bits per heavy atom. The number of anilines is 1. The van der Waals surface area contributed by atoms with Gasteiger partial charge in [0.1, 0.15) is 16.5 Å². The first kappa shape index (κ1) is 15.8. The summed E-state index contributed by atoms with van der Waals surface area (Å²) in [5, 5.41) is 4.79. The van der Waals surface area contributed by atoms with Crippen LogP contribution in [-0.4, -0.2) is 20.4 Å². The fraction of sp³-hybridized carbons (Fsp3) is 0.250. The van der Waals surface area contributed by atoms with Gasteiger partial charge in [-0.2, -0.15) is 0 Å². The van der Waals surface area contributed by atoms with E-state index in [2.05, 4.69) is 15.0 Å². The van der Waals surface area contributed by atoms with E-state index < -0.39 is 26.6 Å². The Kier molecular flexibility index (Phi) is 4.55. The molecule has 1 aromatic heterocycles. The van der Waals surface area contributed by atoms with Crippen LogP contribution < -0.4 is 10.0 Å². The van der Waals surface area contributed by atoms with Crippen LogP contribution >= 0.6 is 11.3 Å². The Morgan fingerprint density at radius 1 is 1.33 bits per heavy atom. The second kappa shape index (κ2) is 6.04. The van der Waals surface area contributed by atoms with Gasteiger partial charge in [-0.3, -0.25) is 4.72 Å². The van der Waals surface area contributed by atoms with Crippen molar-refractivity contribution in [2.75, 3.05) is 11.8 Å². The van der Waals surface area contributed by atoms with Gasteiger partial charge in [0.05, 0.1) is 5.69 Å². The molecule has 0 bridgehead atoms. The number of benzene rings is 1. The molecule has 0 radical (unpaired) electrons. The summed E-state index contributed by atoms with van der Waals surface area (Å²) in [4.78, 5) is 3.49. The molecule has 21 heavy (non-hydrogen) atoms. The summed E-state index contributed by atoms with van der Waals surface area (Å²) in [6.07, 6.45) is 0. The van der Waals surface area contributed by atoms with Gasteiger partial charge in [0.25, 0.3) is 10.0 Å². The van der Waals surface area contributed by atoms with Crippen LogP contribution in [0.4, 0.5) is 13.9 Å². The number of rotatable bonds is 5. The quantitative estimate of drug-likeness (QED) is 0.882. The molecule has 0 saturated carbocycles. The van der Waals surface area contributed by atoms with Crippen LogP contribution in [0, 0.1) is 11.6 Å². The molecule has 114 valence electrons. The summed E-state index contributed by atoms with van der Waals surface area (Å²) in [6, 6.07) is 2.23. The van der Waals surface area contributed by atoms with E-state index in [9.17, 15) is 17.2 Å². The molecule has 1 atom stereocenters. The normalized spacial score (nSPS) is 13.1. The first-order chi connectivity index (χ1) is 9.83. The van der Waals surface area contributed by atoms with Crippen LogP contribution in [0.25, 0.3) is 0 Å². The molecular formula is C12H13F2N3O2S2. The Hall–Kier alpha value is -1.58. The van der Waals surface area contributed by atoms with Gasteiger partial charge in [-0.05, 0) is 26.1 Å². The lowest BCUT2D eigenvalue weighted by atomic mass is 10.3. The first-order valence-electron chi connectivity index (χ1n) is 5.94. The van der Waals surface area contributed by atoms with Crippen LogP contribution in [0.2, 0.25) is 0 Å². The third-order valence-corrected chi connectivity index (χ3v) is 5.08. The van der Waals surface area contributed by atoms with Gasteiger partial charge in [-0.25, -0.2) is 22.2 Å². The average molecular weight is 333 g/mol. The van der Waals surface area contributed by atoms with Crippen molar-refractivity contribution in [3.8, 4) is 0 Å². The van der Waals surface area contributed by atoms with E-state index in [0.717, 1.165) is 23.5 Å². The van der Waals surface area contributed by atoms with Crippen LogP contribution in [-0.2, 0) is 10.0 Å². The molecule has 5 nitrogen and oxygen atoms in total. The molecule has 1 heterocycles. The largest absolute Gasteiger partial charge is 0.312 e. The Balaban J connectivity index is 2.27. The first-order valence-corrected chi connectivity index (χ1v) is 8.30. The summed E-state index contributed by atoms with van der Waals surface area (Å²) in [6.45, 7) is 1.87. The highest BCUT2D eigenvalue weighted by molar-refractivity contribution is 7.93. The zero-order valence-corrected chi connectivity index (χ0v) is 12.9. The number of sulfonamides is 1. The van der Waals surface area contributed by atoms with Crippen molar-refractivity contribution >= 4 is 26.5 Å². The minimum absolute atomic E-state index is 0.0398. The fourth-order valence-corrected chi connectivity index (χ4v) is 3.66. The molecule has 2 rings (SSSR count). The number of aromatic nitrogens is 1. The van der Waals surface area contributed by atoms with E-state index in [1.807, 2.05) is 6.92 Å². The predicted molar refractivity (Wildman–Crippen MR) is 76.8 cm³/mol. The van der Waals surface area contributed by atoms with Crippen molar-refractivity contribution in [3.05, 3.63) is 40.9 Å². The third-order valence-electron chi connectivity index (χ3n) is 2.80. The van der Waals surface area contributed by atoms with E-state index in [-0.39, 0.29) is 11.2 Å². The standard InChI is InChI=1S/C12H13F2N3O2S2/c1-7(15-2)10-6-20-12(16-10)17-21(18,19)11-4-3-8(13)5-9(11)14/h3-7,15H,1-2H3,(H,16,17). The van der Waals surface area contributed by atoms with Gasteiger partial charge >= 0.3 is 0 Å². The third kappa shape index (κ3) is 3.55. The molecule has 2 aromatic rings. The molecule has 0 aliphatic rings. The van der Waals surface area contributed by atoms with Gasteiger partial charge in [-0.15, -0.1) is 11.3 Å². The second-order valence-electron chi connectivity index (χ2n) is 4.27. The van der Waals surface area contributed by atoms with E-state index in [4.69, 9.17) is 0 Å². The lowest BCUT2D eigenvalue weighted by Crippen LogP contribution is -2.15. The number of nitrogens with zero attached hydrogens (tertiary/aromatic N) is 1. The topological polar surface area (TPSA) is 71.1 Å². The van der Waals surface area contributed by atoms with Gasteiger partial charge in [0, 0.05) is 17.5 Å². The number of hydrogen-bond acceptors (Lipinski definition) is 5. The number of hydrogen-bond donors (Lipinski definition) is 2. The SMILES string of the molecule is CNC(C)c1csc(NS(=O)(=O)c2ccc(F)cc2F)n1. The molecule has 0 aliphatic heterocycles. The molecule has 0 aliphatic carbocycles. The highest BCUT2D eigenvalue weighted by Gasteiger charge is 2.21. The number of thiazole rings is 1. The van der Waals surface area contributed by atoms with Crippen LogP contribution in [0.1, 0.15) is 18.7 Å². The lowest BCUT2D eigenvalue weighted by Gasteiger charge is -2.07. The molecule has 0 fully saturated rings. The molecule has 1 aromatic carbocycles. The molecule has 0 saturated heterocycles. The van der Waals surface area contributed by atoms with Crippen molar-refractivity contribution in [3.63, 3.8) is 0 Å². The Morgan fingerprint density at radius 2 is 2.05 bits per heavy atom. The molecule has 1 unspecified atom stereocenters. The van der Waals surface area contributed by atoms with E-state index >= 15 is 0 Å². The second-order valence-corrected chi connectivity index (χ2v) is 6.78. The van der Waals surface area contributed by atoms with Crippen LogP contribution in [0.15, 0.2) is 28.5 Å². The summed E-state index contributed by atoms with van der Waals surface area (Å²) in [5.74, 6) is -1.99. The minimum atomic E-state index is -4.14. The monoisotopic (exact) mass is 333 g/mol. The van der Waals surface area contributed by atoms with Crippen molar-refractivity contribution in [2.24, 2.45) is 0 Å². The lowest BCUT2D eigenvalue weighted by molar-refractivity contribution is 0.551. The van der Waals surface area contributed by atoms with Gasteiger partial charge in [0.15, 0.2) is 5.13 Å². The van der Waals surface area contributed by atoms with Crippen molar-refractivity contribution in [2.45, 2.75) is 17.9 Å². The predicted octanol–water partition coefficient (Wildman–Crippen LogP) is 2.50. The Bertz CT molecular complexity index is 747. The molecule has 9 heteroatoms. The smallest absolute Gasteiger partial charge is 0.266 e. The van der Waals surface area contributed by atoms with E-state index in [0.29, 0.717) is 11.8 Å². The van der Waals surface area contributed by atoms with E-state index in [1.165, 1.54) is 0 Å². The van der Waals surface area contributed by atoms with Crippen molar-refractivity contribution < 1.29 is 17.2 Å². The molecular weight excluding hydrogens is 320 g/mol. The van der Waals surface area contributed by atoms with E-state index in [1.54, 1.807) is 12.4 Å². The molecule has 2 N–H and O–H groups in total. The summed E-state index contributed by atoms with van der Waals surface area (Å²) in [5.41, 5.74) is 0.666. The maximum absolute atomic E-state index is 13.6. The summed E-state index contributed by atoms with van der Waals surface area (Å²) < 4.78 is 52.7. The van der Waals surface area contributed by atoms with Gasteiger partial charge in [-0.1, -0.05) is 0 Å². The number of halogens is 2. The van der Waals surface area contributed by atoms with Crippen LogP contribution in [0.5, 0.6) is 0 Å². The van der Waals surface area contributed by atoms with Crippen LogP contribution in [0.3, 0.4) is 0 Å². The summed E-state index contributed by atoms with van der Waals surface area (Å²) >= 11 is 1.09. The van der Waals surface area contributed by atoms with Crippen molar-refractivity contribution in [1.29, 1.82) is 0 Å². The average Bonchev–Trinajstić information content (AvgIpc) is 2.85. The van der Waals surface area contributed by atoms with Gasteiger partial charge < -0.3 is 5.32 Å².